The molecule has 1 unspecified atom stereocenters. The second-order valence-corrected chi connectivity index (χ2v) is 3.08. The zero-order valence-electron chi connectivity index (χ0n) is 10.1. The van der Waals surface area contributed by atoms with E-state index in [-0.39, 0.29) is 0 Å². The molecule has 0 amide bonds. The molecule has 0 spiro atoms. The fraction of sp³-hybridized carbons (Fsp3) is 0.750. The number of hydrogen-bond acceptors (Lipinski definition) is 2. The molecule has 1 N–H and O–H groups in total. The maximum atomic E-state index is 10.9. The van der Waals surface area contributed by atoms with E-state index in [4.69, 9.17) is 0 Å². The minimum Gasteiger partial charge on any atom is -0.323 e. The summed E-state index contributed by atoms with van der Waals surface area (Å²) in [7, 11) is 3.75. The van der Waals surface area contributed by atoms with Crippen LogP contribution in [0.15, 0.2) is 12.7 Å². The van der Waals surface area contributed by atoms with Crippen LogP contribution in [-0.2, 0) is 4.79 Å². The van der Waals surface area contributed by atoms with Gasteiger partial charge in [-0.3, -0.25) is 4.79 Å². The molecule has 0 heterocycles. The Kier molecular flexibility index (Phi) is 14.0. The summed E-state index contributed by atoms with van der Waals surface area (Å²) in [6.07, 6.45) is 5.72. The Balaban J connectivity index is 0. The van der Waals surface area contributed by atoms with E-state index in [0.29, 0.717) is 11.7 Å². The molecule has 1 aliphatic rings. The van der Waals surface area contributed by atoms with E-state index < -0.39 is 0 Å². The van der Waals surface area contributed by atoms with E-state index in [1.165, 1.54) is 0 Å². The van der Waals surface area contributed by atoms with Gasteiger partial charge in [0.25, 0.3) is 0 Å². The molecule has 1 rings (SSSR count). The van der Waals surface area contributed by atoms with Crippen molar-refractivity contribution in [3.8, 4) is 0 Å². The lowest BCUT2D eigenvalue weighted by molar-refractivity contribution is -0.120. The van der Waals surface area contributed by atoms with Gasteiger partial charge in [-0.1, -0.05) is 19.9 Å². The number of rotatable bonds is 2. The number of ketones is 1. The lowest BCUT2D eigenvalue weighted by atomic mass is 10.0. The molecule has 14 heavy (non-hydrogen) atoms. The summed E-state index contributed by atoms with van der Waals surface area (Å²) in [5, 5.41) is 2.75. The Bertz CT molecular complexity index is 143. The summed E-state index contributed by atoms with van der Waals surface area (Å²) in [6, 6.07) is 0. The Morgan fingerprint density at radius 2 is 2.00 bits per heavy atom. The fourth-order valence-electron chi connectivity index (χ4n) is 1.34. The zero-order valence-corrected chi connectivity index (χ0v) is 10.1. The molecule has 0 aromatic rings. The van der Waals surface area contributed by atoms with Gasteiger partial charge in [0.1, 0.15) is 5.78 Å². The van der Waals surface area contributed by atoms with Crippen molar-refractivity contribution in [2.24, 2.45) is 5.92 Å². The van der Waals surface area contributed by atoms with Crippen molar-refractivity contribution < 1.29 is 4.79 Å². The van der Waals surface area contributed by atoms with Gasteiger partial charge in [-0.15, -0.1) is 6.58 Å². The molecule has 0 aromatic carbocycles. The maximum absolute atomic E-state index is 10.9. The molecule has 0 bridgehead atoms. The minimum absolute atomic E-state index is 0.322. The third kappa shape index (κ3) is 7.99. The standard InChI is InChI=1S/C8H12O.C2H7N.C2H6/c1-2-4-7-5-3-6-8(7)9;1-3-2;1-2/h2,7H,1,3-6H2;3H,1-2H3;1-2H3. The Labute approximate surface area is 88.8 Å². The highest BCUT2D eigenvalue weighted by Crippen LogP contribution is 2.23. The van der Waals surface area contributed by atoms with Crippen LogP contribution in [0.2, 0.25) is 0 Å². The fourth-order valence-corrected chi connectivity index (χ4v) is 1.34. The van der Waals surface area contributed by atoms with Crippen molar-refractivity contribution >= 4 is 5.78 Å². The normalized spacial score (nSPS) is 18.9. The van der Waals surface area contributed by atoms with Gasteiger partial charge in [-0.25, -0.2) is 0 Å². The van der Waals surface area contributed by atoms with Crippen molar-refractivity contribution in [3.63, 3.8) is 0 Å². The van der Waals surface area contributed by atoms with Gasteiger partial charge in [0.2, 0.25) is 0 Å². The topological polar surface area (TPSA) is 29.1 Å². The highest BCUT2D eigenvalue weighted by molar-refractivity contribution is 5.82. The van der Waals surface area contributed by atoms with E-state index in [1.807, 2.05) is 34.0 Å². The van der Waals surface area contributed by atoms with Gasteiger partial charge in [0.05, 0.1) is 0 Å². The Morgan fingerprint density at radius 1 is 1.50 bits per heavy atom. The van der Waals surface area contributed by atoms with Crippen LogP contribution in [0.1, 0.15) is 39.5 Å². The number of carbonyl (C=O) groups is 1. The van der Waals surface area contributed by atoms with Gasteiger partial charge in [0.15, 0.2) is 0 Å². The summed E-state index contributed by atoms with van der Waals surface area (Å²) in [5.41, 5.74) is 0. The molecular weight excluding hydrogens is 174 g/mol. The lowest BCUT2D eigenvalue weighted by Gasteiger charge is -2.00. The summed E-state index contributed by atoms with van der Waals surface area (Å²) in [6.45, 7) is 7.61. The number of allylic oxidation sites excluding steroid dienone is 1. The van der Waals surface area contributed by atoms with Crippen LogP contribution in [0, 0.1) is 5.92 Å². The number of carbonyl (C=O) groups excluding carboxylic acids is 1. The first-order chi connectivity index (χ1) is 6.76. The number of hydrogen-bond donors (Lipinski definition) is 1. The first-order valence-electron chi connectivity index (χ1n) is 5.48. The second kappa shape index (κ2) is 12.4. The molecule has 1 atom stereocenters. The van der Waals surface area contributed by atoms with Crippen molar-refractivity contribution in [2.45, 2.75) is 39.5 Å². The minimum atomic E-state index is 0.322. The van der Waals surface area contributed by atoms with Crippen molar-refractivity contribution in [1.29, 1.82) is 0 Å². The molecule has 0 radical (unpaired) electrons. The first kappa shape index (κ1) is 15.8. The molecule has 2 heteroatoms. The molecule has 1 saturated carbocycles. The van der Waals surface area contributed by atoms with E-state index >= 15 is 0 Å². The highest BCUT2D eigenvalue weighted by atomic mass is 16.1. The summed E-state index contributed by atoms with van der Waals surface area (Å²) in [4.78, 5) is 10.9. The predicted octanol–water partition coefficient (Wildman–Crippen LogP) is 2.79. The Hall–Kier alpha value is -0.630. The number of Topliss-reactive ketones (excluding diaryl/α,β-unsaturated/α-hetero) is 1. The maximum Gasteiger partial charge on any atom is 0.136 e. The molecule has 0 aromatic heterocycles. The van der Waals surface area contributed by atoms with E-state index in [9.17, 15) is 4.79 Å². The third-order valence-corrected chi connectivity index (χ3v) is 1.88. The SMILES string of the molecule is C=CCC1CCCC1=O.CC.CNC. The van der Waals surface area contributed by atoms with Crippen LogP contribution in [0.4, 0.5) is 0 Å². The monoisotopic (exact) mass is 199 g/mol. The molecule has 0 aliphatic heterocycles. The largest absolute Gasteiger partial charge is 0.323 e. The molecule has 0 saturated heterocycles. The van der Waals surface area contributed by atoms with E-state index in [0.717, 1.165) is 25.7 Å². The van der Waals surface area contributed by atoms with Crippen molar-refractivity contribution in [3.05, 3.63) is 12.7 Å². The van der Waals surface area contributed by atoms with Crippen LogP contribution in [0.5, 0.6) is 0 Å². The van der Waals surface area contributed by atoms with E-state index in [1.54, 1.807) is 0 Å². The van der Waals surface area contributed by atoms with Crippen LogP contribution in [-0.4, -0.2) is 19.9 Å². The van der Waals surface area contributed by atoms with Crippen LogP contribution in [0.25, 0.3) is 0 Å². The average Bonchev–Trinajstić information content (AvgIpc) is 2.58. The van der Waals surface area contributed by atoms with Gasteiger partial charge >= 0.3 is 0 Å². The lowest BCUT2D eigenvalue weighted by Crippen LogP contribution is -2.03. The van der Waals surface area contributed by atoms with Crippen LogP contribution < -0.4 is 5.32 Å². The predicted molar refractivity (Wildman–Crippen MR) is 63.5 cm³/mol. The summed E-state index contributed by atoms with van der Waals surface area (Å²) in [5.74, 6) is 0.761. The quantitative estimate of drug-likeness (QED) is 0.693. The van der Waals surface area contributed by atoms with Crippen LogP contribution >= 0.6 is 0 Å². The summed E-state index contributed by atoms with van der Waals surface area (Å²) >= 11 is 0. The molecule has 1 aliphatic carbocycles. The Morgan fingerprint density at radius 3 is 2.29 bits per heavy atom. The molecule has 84 valence electrons. The van der Waals surface area contributed by atoms with Gasteiger partial charge < -0.3 is 5.32 Å². The third-order valence-electron chi connectivity index (χ3n) is 1.88. The molecular formula is C12H25NO. The van der Waals surface area contributed by atoms with Crippen LogP contribution in [0.3, 0.4) is 0 Å². The average molecular weight is 199 g/mol. The van der Waals surface area contributed by atoms with Gasteiger partial charge in [-0.05, 0) is 33.4 Å². The van der Waals surface area contributed by atoms with Gasteiger partial charge in [0, 0.05) is 12.3 Å². The van der Waals surface area contributed by atoms with Gasteiger partial charge in [-0.2, -0.15) is 0 Å². The number of nitrogens with one attached hydrogen (secondary N) is 1. The second-order valence-electron chi connectivity index (χ2n) is 3.08. The smallest absolute Gasteiger partial charge is 0.136 e. The summed E-state index contributed by atoms with van der Waals surface area (Å²) < 4.78 is 0. The molecule has 1 fully saturated rings. The van der Waals surface area contributed by atoms with Crippen molar-refractivity contribution in [2.75, 3.05) is 14.1 Å². The van der Waals surface area contributed by atoms with Crippen molar-refractivity contribution in [1.82, 2.24) is 5.32 Å². The molecule has 2 nitrogen and oxygen atoms in total. The highest BCUT2D eigenvalue weighted by Gasteiger charge is 2.22. The first-order valence-corrected chi connectivity index (χ1v) is 5.48. The zero-order chi connectivity index (χ0) is 11.4. The van der Waals surface area contributed by atoms with E-state index in [2.05, 4.69) is 11.9 Å².